The first kappa shape index (κ1) is 15.0. The summed E-state index contributed by atoms with van der Waals surface area (Å²) >= 11 is 0. The van der Waals surface area contributed by atoms with E-state index in [4.69, 9.17) is 4.74 Å². The van der Waals surface area contributed by atoms with Crippen LogP contribution in [0.5, 0.6) is 0 Å². The number of aliphatic hydroxyl groups excluding tert-OH is 1. The van der Waals surface area contributed by atoms with Crippen molar-refractivity contribution in [1.29, 1.82) is 0 Å². The molecular formula is C16H19FN2O3. The zero-order chi connectivity index (χ0) is 15.7. The highest BCUT2D eigenvalue weighted by Crippen LogP contribution is 2.21. The molecule has 22 heavy (non-hydrogen) atoms. The van der Waals surface area contributed by atoms with E-state index in [1.54, 1.807) is 17.2 Å². The van der Waals surface area contributed by atoms with Crippen LogP contribution in [-0.4, -0.2) is 52.8 Å². The Kier molecular flexibility index (Phi) is 4.13. The number of aliphatic hydroxyl groups is 1. The number of halogens is 1. The Balaban J connectivity index is 1.77. The third kappa shape index (κ3) is 2.84. The van der Waals surface area contributed by atoms with Gasteiger partial charge in [-0.3, -0.25) is 4.79 Å². The zero-order valence-electron chi connectivity index (χ0n) is 12.4. The standard InChI is InChI=1S/C16H19FN2O3/c1-10-9-22-13(8-20)7-19(10)16(21)4-11-6-18-15-5-12(17)2-3-14(11)15/h2-3,5-6,10,13,18,20H,4,7-9H2,1H3. The van der Waals surface area contributed by atoms with Crippen LogP contribution in [0.25, 0.3) is 10.9 Å². The predicted octanol–water partition coefficient (Wildman–Crippen LogP) is 1.46. The van der Waals surface area contributed by atoms with Crippen LogP contribution >= 0.6 is 0 Å². The predicted molar refractivity (Wildman–Crippen MR) is 80.0 cm³/mol. The van der Waals surface area contributed by atoms with Gasteiger partial charge >= 0.3 is 0 Å². The minimum Gasteiger partial charge on any atom is -0.394 e. The van der Waals surface area contributed by atoms with Gasteiger partial charge in [0, 0.05) is 23.6 Å². The van der Waals surface area contributed by atoms with E-state index in [-0.39, 0.29) is 36.9 Å². The number of H-pyrrole nitrogens is 1. The van der Waals surface area contributed by atoms with Crippen LogP contribution in [0.2, 0.25) is 0 Å². The topological polar surface area (TPSA) is 65.6 Å². The molecule has 2 unspecified atom stereocenters. The monoisotopic (exact) mass is 306 g/mol. The van der Waals surface area contributed by atoms with Crippen molar-refractivity contribution in [2.45, 2.75) is 25.5 Å². The van der Waals surface area contributed by atoms with E-state index in [9.17, 15) is 14.3 Å². The van der Waals surface area contributed by atoms with Crippen LogP contribution in [0.3, 0.4) is 0 Å². The van der Waals surface area contributed by atoms with E-state index in [1.165, 1.54) is 12.1 Å². The summed E-state index contributed by atoms with van der Waals surface area (Å²) in [5, 5.41) is 10.1. The molecule has 1 amide bonds. The molecule has 5 nitrogen and oxygen atoms in total. The molecule has 6 heteroatoms. The number of rotatable bonds is 3. The van der Waals surface area contributed by atoms with Gasteiger partial charge in [0.1, 0.15) is 5.82 Å². The summed E-state index contributed by atoms with van der Waals surface area (Å²) < 4.78 is 18.6. The van der Waals surface area contributed by atoms with Crippen LogP contribution in [0.4, 0.5) is 4.39 Å². The fourth-order valence-electron chi connectivity index (χ4n) is 2.84. The van der Waals surface area contributed by atoms with Gasteiger partial charge < -0.3 is 19.7 Å². The minimum absolute atomic E-state index is 0.0144. The van der Waals surface area contributed by atoms with Gasteiger partial charge in [0.05, 0.1) is 31.8 Å². The molecule has 0 aliphatic carbocycles. The van der Waals surface area contributed by atoms with Gasteiger partial charge in [-0.15, -0.1) is 0 Å². The van der Waals surface area contributed by atoms with Gasteiger partial charge in [-0.25, -0.2) is 4.39 Å². The fraction of sp³-hybridized carbons (Fsp3) is 0.438. The second-order valence-electron chi connectivity index (χ2n) is 5.71. The zero-order valence-corrected chi connectivity index (χ0v) is 12.4. The fourth-order valence-corrected chi connectivity index (χ4v) is 2.84. The first-order valence-electron chi connectivity index (χ1n) is 7.36. The molecule has 0 radical (unpaired) electrons. The summed E-state index contributed by atoms with van der Waals surface area (Å²) in [4.78, 5) is 17.3. The maximum absolute atomic E-state index is 13.2. The maximum Gasteiger partial charge on any atom is 0.227 e. The number of hydrogen-bond acceptors (Lipinski definition) is 3. The number of hydrogen-bond donors (Lipinski definition) is 2. The lowest BCUT2D eigenvalue weighted by Crippen LogP contribution is -2.52. The number of amides is 1. The SMILES string of the molecule is CC1COC(CO)CN1C(=O)Cc1c[nH]c2cc(F)ccc12. The molecule has 3 rings (SSSR count). The van der Waals surface area contributed by atoms with Crippen molar-refractivity contribution in [2.75, 3.05) is 19.8 Å². The van der Waals surface area contributed by atoms with E-state index in [1.807, 2.05) is 6.92 Å². The van der Waals surface area contributed by atoms with Crippen molar-refractivity contribution in [1.82, 2.24) is 9.88 Å². The van der Waals surface area contributed by atoms with Gasteiger partial charge in [0.15, 0.2) is 0 Å². The summed E-state index contributed by atoms with van der Waals surface area (Å²) in [5.74, 6) is -0.320. The van der Waals surface area contributed by atoms with Gasteiger partial charge in [0.2, 0.25) is 5.91 Å². The molecule has 1 fully saturated rings. The molecule has 1 saturated heterocycles. The van der Waals surface area contributed by atoms with Crippen molar-refractivity contribution in [3.8, 4) is 0 Å². The van der Waals surface area contributed by atoms with Gasteiger partial charge in [0.25, 0.3) is 0 Å². The molecule has 1 aliphatic heterocycles. The van der Waals surface area contributed by atoms with Crippen molar-refractivity contribution < 1.29 is 19.0 Å². The highest BCUT2D eigenvalue weighted by Gasteiger charge is 2.29. The Morgan fingerprint density at radius 3 is 3.14 bits per heavy atom. The molecule has 1 aromatic heterocycles. The average Bonchev–Trinajstić information content (AvgIpc) is 2.89. The molecule has 1 aromatic carbocycles. The largest absolute Gasteiger partial charge is 0.394 e. The highest BCUT2D eigenvalue weighted by atomic mass is 19.1. The van der Waals surface area contributed by atoms with Crippen molar-refractivity contribution in [3.05, 3.63) is 35.8 Å². The number of carbonyl (C=O) groups is 1. The van der Waals surface area contributed by atoms with Crippen LogP contribution < -0.4 is 0 Å². The Morgan fingerprint density at radius 2 is 2.36 bits per heavy atom. The summed E-state index contributed by atoms with van der Waals surface area (Å²) in [6, 6.07) is 4.48. The Bertz CT molecular complexity index is 685. The third-order valence-electron chi connectivity index (χ3n) is 4.10. The lowest BCUT2D eigenvalue weighted by atomic mass is 10.1. The van der Waals surface area contributed by atoms with Gasteiger partial charge in [-0.05, 0) is 30.7 Å². The molecule has 2 atom stereocenters. The van der Waals surface area contributed by atoms with Crippen molar-refractivity contribution in [2.24, 2.45) is 0 Å². The normalized spacial score (nSPS) is 22.2. The Morgan fingerprint density at radius 1 is 1.55 bits per heavy atom. The highest BCUT2D eigenvalue weighted by molar-refractivity contribution is 5.89. The number of nitrogens with one attached hydrogen (secondary N) is 1. The maximum atomic E-state index is 13.2. The number of fused-ring (bicyclic) bond motifs is 1. The molecule has 2 aromatic rings. The summed E-state index contributed by atoms with van der Waals surface area (Å²) in [5.41, 5.74) is 1.53. The molecule has 2 N–H and O–H groups in total. The molecule has 1 aliphatic rings. The number of carbonyl (C=O) groups excluding carboxylic acids is 1. The van der Waals surface area contributed by atoms with E-state index < -0.39 is 0 Å². The Labute approximate surface area is 127 Å². The summed E-state index contributed by atoms with van der Waals surface area (Å²) in [7, 11) is 0. The minimum atomic E-state index is -0.322. The molecule has 0 bridgehead atoms. The van der Waals surface area contributed by atoms with Crippen molar-refractivity contribution in [3.63, 3.8) is 0 Å². The second kappa shape index (κ2) is 6.06. The van der Waals surface area contributed by atoms with Gasteiger partial charge in [-0.2, -0.15) is 0 Å². The van der Waals surface area contributed by atoms with Crippen LogP contribution in [0.1, 0.15) is 12.5 Å². The second-order valence-corrected chi connectivity index (χ2v) is 5.71. The van der Waals surface area contributed by atoms with Crippen LogP contribution in [0.15, 0.2) is 24.4 Å². The van der Waals surface area contributed by atoms with E-state index in [0.717, 1.165) is 10.9 Å². The lowest BCUT2D eigenvalue weighted by Gasteiger charge is -2.37. The lowest BCUT2D eigenvalue weighted by molar-refractivity contribution is -0.145. The number of morpholine rings is 1. The van der Waals surface area contributed by atoms with Crippen LogP contribution in [-0.2, 0) is 16.0 Å². The average molecular weight is 306 g/mol. The molecule has 118 valence electrons. The molecule has 0 saturated carbocycles. The number of aromatic nitrogens is 1. The number of benzene rings is 1. The summed E-state index contributed by atoms with van der Waals surface area (Å²) in [6.45, 7) is 2.66. The smallest absolute Gasteiger partial charge is 0.227 e. The number of ether oxygens (including phenoxy) is 1. The third-order valence-corrected chi connectivity index (χ3v) is 4.10. The summed E-state index contributed by atoms with van der Waals surface area (Å²) in [6.07, 6.45) is 1.67. The number of nitrogens with zero attached hydrogens (tertiary/aromatic N) is 1. The first-order chi connectivity index (χ1) is 10.6. The number of aromatic amines is 1. The first-order valence-corrected chi connectivity index (χ1v) is 7.36. The molecular weight excluding hydrogens is 287 g/mol. The van der Waals surface area contributed by atoms with E-state index >= 15 is 0 Å². The quantitative estimate of drug-likeness (QED) is 0.902. The van der Waals surface area contributed by atoms with Gasteiger partial charge in [-0.1, -0.05) is 0 Å². The van der Waals surface area contributed by atoms with E-state index in [0.29, 0.717) is 18.7 Å². The molecule has 2 heterocycles. The Hall–Kier alpha value is -1.92. The molecule has 0 spiro atoms. The van der Waals surface area contributed by atoms with E-state index in [2.05, 4.69) is 4.98 Å². The van der Waals surface area contributed by atoms with Crippen LogP contribution in [0, 0.1) is 5.82 Å². The van der Waals surface area contributed by atoms with Crippen molar-refractivity contribution >= 4 is 16.8 Å².